The maximum absolute atomic E-state index is 13.5. The van der Waals surface area contributed by atoms with Crippen LogP contribution in [0.25, 0.3) is 0 Å². The van der Waals surface area contributed by atoms with E-state index in [1.807, 2.05) is 27.7 Å². The molecule has 0 radical (unpaired) electrons. The highest BCUT2D eigenvalue weighted by Crippen LogP contribution is 2.52. The molecule has 0 unspecified atom stereocenters. The zero-order valence-corrected chi connectivity index (χ0v) is 16.3. The first-order valence-corrected chi connectivity index (χ1v) is 8.98. The van der Waals surface area contributed by atoms with Gasteiger partial charge in [-0.1, -0.05) is 52.8 Å². The lowest BCUT2D eigenvalue weighted by Gasteiger charge is -2.30. The summed E-state index contributed by atoms with van der Waals surface area (Å²) >= 11 is -1.23. The highest BCUT2D eigenvalue weighted by molar-refractivity contribution is 7.95. The second-order valence-corrected chi connectivity index (χ2v) is 7.34. The van der Waals surface area contributed by atoms with E-state index in [-0.39, 0.29) is 17.6 Å². The normalized spacial score (nSPS) is 13.5. The summed E-state index contributed by atoms with van der Waals surface area (Å²) in [6.45, 7) is 8.07. The Balaban J connectivity index is 2.85. The van der Waals surface area contributed by atoms with Gasteiger partial charge in [0.05, 0.1) is 0 Å². The van der Waals surface area contributed by atoms with Gasteiger partial charge in [0.15, 0.2) is 5.75 Å². The summed E-state index contributed by atoms with van der Waals surface area (Å²) in [5, 5.41) is -1.06. The van der Waals surface area contributed by atoms with Gasteiger partial charge < -0.3 is 4.89 Å². The Morgan fingerprint density at radius 2 is 1.41 bits per heavy atom. The van der Waals surface area contributed by atoms with Crippen LogP contribution in [-0.2, 0) is 9.37 Å². The van der Waals surface area contributed by atoms with Crippen LogP contribution in [0.5, 0.6) is 5.75 Å². The Hall–Kier alpha value is -1.13. The summed E-state index contributed by atoms with van der Waals surface area (Å²) < 4.78 is 83.9. The molecule has 0 aliphatic heterocycles. The predicted molar refractivity (Wildman–Crippen MR) is 90.1 cm³/mol. The minimum Gasteiger partial charge on any atom is -0.307 e. The molecule has 0 heterocycles. The Kier molecular flexibility index (Phi) is 7.89. The van der Waals surface area contributed by atoms with Crippen molar-refractivity contribution in [3.05, 3.63) is 29.3 Å². The van der Waals surface area contributed by atoms with Crippen molar-refractivity contribution in [2.45, 2.75) is 70.0 Å². The molecule has 0 amide bonds. The van der Waals surface area contributed by atoms with Crippen molar-refractivity contribution in [3.63, 3.8) is 0 Å². The van der Waals surface area contributed by atoms with Crippen molar-refractivity contribution in [1.82, 2.24) is 0 Å². The molecule has 0 saturated heterocycles. The quantitative estimate of drug-likeness (QED) is 0.133. The van der Waals surface area contributed by atoms with Crippen LogP contribution in [0.2, 0.25) is 0 Å². The van der Waals surface area contributed by atoms with E-state index in [1.165, 1.54) is 0 Å². The van der Waals surface area contributed by atoms with Crippen LogP contribution in [0.15, 0.2) is 18.2 Å². The maximum Gasteiger partial charge on any atom is 0.389 e. The highest BCUT2D eigenvalue weighted by atomic mass is 32.2. The molecule has 0 aromatic heterocycles. The van der Waals surface area contributed by atoms with E-state index in [2.05, 4.69) is 9.37 Å². The molecule has 1 aromatic rings. The van der Waals surface area contributed by atoms with Gasteiger partial charge in [-0.25, -0.2) is 0 Å². The molecule has 1 aromatic carbocycles. The monoisotopic (exact) mass is 420 g/mol. The van der Waals surface area contributed by atoms with Crippen molar-refractivity contribution in [3.8, 4) is 5.75 Å². The summed E-state index contributed by atoms with van der Waals surface area (Å²) in [5.41, 5.74) is 1.34. The zero-order valence-electron chi connectivity index (χ0n) is 15.5. The van der Waals surface area contributed by atoms with Crippen LogP contribution in [0.1, 0.15) is 64.0 Å². The lowest BCUT2D eigenvalue weighted by Crippen LogP contribution is -2.52. The van der Waals surface area contributed by atoms with Crippen molar-refractivity contribution >= 4 is 12.0 Å². The van der Waals surface area contributed by atoms with Gasteiger partial charge in [-0.2, -0.15) is 26.3 Å². The highest BCUT2D eigenvalue weighted by Gasteiger charge is 2.72. The fourth-order valence-corrected chi connectivity index (χ4v) is 2.57. The Morgan fingerprint density at radius 1 is 0.926 bits per heavy atom. The molecule has 0 N–H and O–H groups in total. The molecule has 3 nitrogen and oxygen atoms in total. The number of hydrogen-bond acceptors (Lipinski definition) is 4. The second kappa shape index (κ2) is 8.91. The van der Waals surface area contributed by atoms with Crippen LogP contribution >= 0.6 is 12.0 Å². The molecule has 0 bridgehead atoms. The number of hydrogen-bond donors (Lipinski definition) is 0. The first-order valence-electron chi connectivity index (χ1n) is 8.23. The van der Waals surface area contributed by atoms with Crippen molar-refractivity contribution < 1.29 is 40.6 Å². The van der Waals surface area contributed by atoms with E-state index < -0.39 is 35.6 Å². The first-order chi connectivity index (χ1) is 12.3. The first kappa shape index (κ1) is 23.9. The van der Waals surface area contributed by atoms with Crippen LogP contribution in [0.4, 0.5) is 26.3 Å². The summed E-state index contributed by atoms with van der Waals surface area (Å²) in [4.78, 5) is 4.90. The number of halogens is 6. The van der Waals surface area contributed by atoms with Gasteiger partial charge >= 0.3 is 17.1 Å². The Morgan fingerprint density at radius 3 is 1.81 bits per heavy atom. The van der Waals surface area contributed by atoms with Crippen molar-refractivity contribution in [2.75, 3.05) is 0 Å². The standard InChI is InChI=1S/C17H22F6O3S/c1-6-15(18,19)16(20,21)17(22,23)27-26-25-24-14-12(10(2)3)8-7-9-13(14)11(4)5/h7-11H,6H2,1-5H3. The van der Waals surface area contributed by atoms with Gasteiger partial charge in [0.25, 0.3) is 0 Å². The van der Waals surface area contributed by atoms with Gasteiger partial charge in [-0.05, 0) is 16.9 Å². The summed E-state index contributed by atoms with van der Waals surface area (Å²) in [6.07, 6.45) is -1.47. The molecule has 0 aliphatic carbocycles. The molecule has 27 heavy (non-hydrogen) atoms. The zero-order chi connectivity index (χ0) is 21.0. The van der Waals surface area contributed by atoms with E-state index in [9.17, 15) is 26.3 Å². The van der Waals surface area contributed by atoms with Gasteiger partial charge in [0.2, 0.25) is 0 Å². The van der Waals surface area contributed by atoms with Crippen LogP contribution in [-0.4, -0.2) is 17.1 Å². The number of benzene rings is 1. The average molecular weight is 420 g/mol. The van der Waals surface area contributed by atoms with E-state index in [0.29, 0.717) is 18.1 Å². The lowest BCUT2D eigenvalue weighted by atomic mass is 9.94. The van der Waals surface area contributed by atoms with Crippen LogP contribution in [0, 0.1) is 0 Å². The Bertz CT molecular complexity index is 596. The topological polar surface area (TPSA) is 27.7 Å². The molecular formula is C17H22F6O3S. The third-order valence-corrected chi connectivity index (χ3v) is 4.46. The predicted octanol–water partition coefficient (Wildman–Crippen LogP) is 7.10. The van der Waals surface area contributed by atoms with Crippen LogP contribution < -0.4 is 4.89 Å². The Labute approximate surface area is 158 Å². The fraction of sp³-hybridized carbons (Fsp3) is 0.647. The third-order valence-electron chi connectivity index (χ3n) is 3.87. The van der Waals surface area contributed by atoms with Gasteiger partial charge in [0.1, 0.15) is 12.0 Å². The summed E-state index contributed by atoms with van der Waals surface area (Å²) in [6, 6.07) is 5.20. The average Bonchev–Trinajstić information content (AvgIpc) is 2.57. The minimum atomic E-state index is -5.64. The minimum absolute atomic E-state index is 0.0241. The molecule has 0 saturated carbocycles. The lowest BCUT2D eigenvalue weighted by molar-refractivity contribution is -0.407. The smallest absolute Gasteiger partial charge is 0.307 e. The van der Waals surface area contributed by atoms with Crippen LogP contribution in [0.3, 0.4) is 0 Å². The van der Waals surface area contributed by atoms with E-state index in [1.54, 1.807) is 18.2 Å². The molecule has 156 valence electrons. The van der Waals surface area contributed by atoms with Gasteiger partial charge in [0, 0.05) is 17.5 Å². The summed E-state index contributed by atoms with van der Waals surface area (Å²) in [5.74, 6) is -10.4. The van der Waals surface area contributed by atoms with E-state index in [4.69, 9.17) is 4.89 Å². The maximum atomic E-state index is 13.5. The SMILES string of the molecule is CCC(F)(F)C(F)(F)C(F)(F)SOOOc1c(C(C)C)cccc1C(C)C. The molecule has 0 aliphatic rings. The number of alkyl halides is 6. The fourth-order valence-electron chi connectivity index (χ4n) is 2.17. The number of para-hydroxylation sites is 1. The third kappa shape index (κ3) is 5.23. The molecular weight excluding hydrogens is 398 g/mol. The van der Waals surface area contributed by atoms with Crippen molar-refractivity contribution in [2.24, 2.45) is 0 Å². The second-order valence-electron chi connectivity index (χ2n) is 6.53. The van der Waals surface area contributed by atoms with E-state index >= 15 is 0 Å². The van der Waals surface area contributed by atoms with Crippen molar-refractivity contribution in [1.29, 1.82) is 0 Å². The van der Waals surface area contributed by atoms with E-state index in [0.717, 1.165) is 0 Å². The van der Waals surface area contributed by atoms with Gasteiger partial charge in [-0.15, -0.1) is 4.33 Å². The molecule has 0 atom stereocenters. The summed E-state index contributed by atoms with van der Waals surface area (Å²) in [7, 11) is 0. The molecule has 1 rings (SSSR count). The molecule has 10 heteroatoms. The molecule has 0 fully saturated rings. The van der Waals surface area contributed by atoms with Gasteiger partial charge in [-0.3, -0.25) is 0 Å². The largest absolute Gasteiger partial charge is 0.389 e. The molecule has 0 spiro atoms. The number of rotatable bonds is 10.